The zero-order chi connectivity index (χ0) is 9.97. The summed E-state index contributed by atoms with van der Waals surface area (Å²) in [6, 6.07) is 0.703. The molecule has 4 heteroatoms. The molecule has 0 radical (unpaired) electrons. The third kappa shape index (κ3) is 2.25. The van der Waals surface area contributed by atoms with E-state index in [0.717, 1.165) is 19.3 Å². The molecule has 2 saturated heterocycles. The molecule has 0 spiro atoms. The molecule has 2 aliphatic heterocycles. The molecule has 0 saturated carbocycles. The van der Waals surface area contributed by atoms with E-state index in [4.69, 9.17) is 0 Å². The van der Waals surface area contributed by atoms with Crippen LogP contribution in [-0.2, 0) is 0 Å². The fourth-order valence-electron chi connectivity index (χ4n) is 2.35. The standard InChI is InChI=1S/C10H22N4/c1-8(2)9-4-3-5-10(13-9)14-6-11-12-7-14/h8-13H,3-7H2,1-2H3. The van der Waals surface area contributed by atoms with E-state index in [2.05, 4.69) is 34.9 Å². The molecule has 4 nitrogen and oxygen atoms in total. The van der Waals surface area contributed by atoms with Gasteiger partial charge in [-0.2, -0.15) is 0 Å². The lowest BCUT2D eigenvalue weighted by molar-refractivity contribution is 0.125. The first-order chi connectivity index (χ1) is 6.77. The minimum Gasteiger partial charge on any atom is -0.299 e. The van der Waals surface area contributed by atoms with Crippen molar-refractivity contribution in [3.05, 3.63) is 0 Å². The summed E-state index contributed by atoms with van der Waals surface area (Å²) in [6.07, 6.45) is 4.55. The fraction of sp³-hybridized carbons (Fsp3) is 1.00. The van der Waals surface area contributed by atoms with E-state index >= 15 is 0 Å². The number of hydrazine groups is 1. The van der Waals surface area contributed by atoms with Gasteiger partial charge in [0.25, 0.3) is 0 Å². The fourth-order valence-corrected chi connectivity index (χ4v) is 2.35. The van der Waals surface area contributed by atoms with Crippen molar-refractivity contribution in [3.63, 3.8) is 0 Å². The van der Waals surface area contributed by atoms with Gasteiger partial charge in [0.15, 0.2) is 0 Å². The van der Waals surface area contributed by atoms with E-state index in [-0.39, 0.29) is 0 Å². The van der Waals surface area contributed by atoms with Gasteiger partial charge in [0.05, 0.1) is 19.5 Å². The van der Waals surface area contributed by atoms with Crippen molar-refractivity contribution in [2.75, 3.05) is 13.3 Å². The predicted molar refractivity (Wildman–Crippen MR) is 57.2 cm³/mol. The molecule has 0 bridgehead atoms. The van der Waals surface area contributed by atoms with Crippen LogP contribution in [0, 0.1) is 5.92 Å². The Kier molecular flexibility index (Phi) is 3.38. The molecular weight excluding hydrogens is 176 g/mol. The third-order valence-electron chi connectivity index (χ3n) is 3.33. The van der Waals surface area contributed by atoms with E-state index in [1.54, 1.807) is 0 Å². The smallest absolute Gasteiger partial charge is 0.0641 e. The topological polar surface area (TPSA) is 39.3 Å². The number of hydrogen-bond acceptors (Lipinski definition) is 4. The first kappa shape index (κ1) is 10.4. The minimum atomic E-state index is 0.568. The van der Waals surface area contributed by atoms with E-state index in [1.165, 1.54) is 19.3 Å². The average Bonchev–Trinajstić information content (AvgIpc) is 2.71. The van der Waals surface area contributed by atoms with Crippen LogP contribution in [0.4, 0.5) is 0 Å². The van der Waals surface area contributed by atoms with Crippen LogP contribution in [0.2, 0.25) is 0 Å². The van der Waals surface area contributed by atoms with Crippen molar-refractivity contribution in [1.82, 2.24) is 21.1 Å². The summed E-state index contributed by atoms with van der Waals surface area (Å²) in [5, 5.41) is 3.74. The van der Waals surface area contributed by atoms with Crippen LogP contribution in [0.5, 0.6) is 0 Å². The van der Waals surface area contributed by atoms with Crippen molar-refractivity contribution >= 4 is 0 Å². The third-order valence-corrected chi connectivity index (χ3v) is 3.33. The van der Waals surface area contributed by atoms with Gasteiger partial charge in [-0.1, -0.05) is 13.8 Å². The minimum absolute atomic E-state index is 0.568. The second-order valence-electron chi connectivity index (χ2n) is 4.72. The summed E-state index contributed by atoms with van der Waals surface area (Å²) in [5.41, 5.74) is 6.30. The summed E-state index contributed by atoms with van der Waals surface area (Å²) in [7, 11) is 0. The molecule has 2 unspecified atom stereocenters. The SMILES string of the molecule is CC(C)C1CCCC(N2CNNC2)N1. The molecule has 0 aromatic rings. The highest BCUT2D eigenvalue weighted by molar-refractivity contribution is 4.83. The van der Waals surface area contributed by atoms with E-state index in [1.807, 2.05) is 0 Å². The van der Waals surface area contributed by atoms with Crippen molar-refractivity contribution in [2.24, 2.45) is 5.92 Å². The number of piperidine rings is 1. The maximum atomic E-state index is 3.74. The van der Waals surface area contributed by atoms with Gasteiger partial charge in [0.1, 0.15) is 0 Å². The Hall–Kier alpha value is -0.160. The van der Waals surface area contributed by atoms with Crippen LogP contribution in [0.25, 0.3) is 0 Å². The van der Waals surface area contributed by atoms with E-state index in [9.17, 15) is 0 Å². The van der Waals surface area contributed by atoms with Gasteiger partial charge in [-0.25, -0.2) is 10.9 Å². The summed E-state index contributed by atoms with van der Waals surface area (Å²) < 4.78 is 0. The summed E-state index contributed by atoms with van der Waals surface area (Å²) in [4.78, 5) is 2.43. The second-order valence-corrected chi connectivity index (χ2v) is 4.72. The van der Waals surface area contributed by atoms with Gasteiger partial charge in [-0.15, -0.1) is 0 Å². The van der Waals surface area contributed by atoms with Crippen molar-refractivity contribution in [1.29, 1.82) is 0 Å². The Labute approximate surface area is 86.4 Å². The molecule has 2 rings (SSSR count). The first-order valence-corrected chi connectivity index (χ1v) is 5.73. The second kappa shape index (κ2) is 4.57. The lowest BCUT2D eigenvalue weighted by atomic mass is 9.93. The van der Waals surface area contributed by atoms with Crippen LogP contribution in [-0.4, -0.2) is 30.4 Å². The number of hydrogen-bond donors (Lipinski definition) is 3. The lowest BCUT2D eigenvalue weighted by Gasteiger charge is -2.37. The molecule has 82 valence electrons. The lowest BCUT2D eigenvalue weighted by Crippen LogP contribution is -2.53. The number of rotatable bonds is 2. The van der Waals surface area contributed by atoms with E-state index < -0.39 is 0 Å². The zero-order valence-electron chi connectivity index (χ0n) is 9.21. The summed E-state index contributed by atoms with van der Waals surface area (Å²) in [6.45, 7) is 6.53. The summed E-state index contributed by atoms with van der Waals surface area (Å²) in [5.74, 6) is 0.751. The van der Waals surface area contributed by atoms with Crippen LogP contribution < -0.4 is 16.2 Å². The number of nitrogens with one attached hydrogen (secondary N) is 3. The highest BCUT2D eigenvalue weighted by atomic mass is 15.6. The molecule has 0 aromatic heterocycles. The van der Waals surface area contributed by atoms with Gasteiger partial charge in [0, 0.05) is 6.04 Å². The molecule has 2 fully saturated rings. The largest absolute Gasteiger partial charge is 0.299 e. The molecule has 3 N–H and O–H groups in total. The zero-order valence-corrected chi connectivity index (χ0v) is 9.21. The molecule has 0 aromatic carbocycles. The Morgan fingerprint density at radius 3 is 2.50 bits per heavy atom. The molecule has 2 heterocycles. The Bertz CT molecular complexity index is 177. The highest BCUT2D eigenvalue weighted by Gasteiger charge is 2.28. The highest BCUT2D eigenvalue weighted by Crippen LogP contribution is 2.20. The predicted octanol–water partition coefficient (Wildman–Crippen LogP) is 0.435. The van der Waals surface area contributed by atoms with Gasteiger partial charge in [-0.05, 0) is 25.2 Å². The Morgan fingerprint density at radius 1 is 1.14 bits per heavy atom. The van der Waals surface area contributed by atoms with Crippen molar-refractivity contribution in [3.8, 4) is 0 Å². The van der Waals surface area contributed by atoms with Crippen LogP contribution in [0.3, 0.4) is 0 Å². The molecule has 0 amide bonds. The van der Waals surface area contributed by atoms with Crippen LogP contribution in [0.15, 0.2) is 0 Å². The number of nitrogens with zero attached hydrogens (tertiary/aromatic N) is 1. The van der Waals surface area contributed by atoms with E-state index in [0.29, 0.717) is 12.2 Å². The van der Waals surface area contributed by atoms with Crippen LogP contribution >= 0.6 is 0 Å². The van der Waals surface area contributed by atoms with Gasteiger partial charge in [-0.3, -0.25) is 10.2 Å². The van der Waals surface area contributed by atoms with Gasteiger partial charge < -0.3 is 0 Å². The molecule has 0 aliphatic carbocycles. The Balaban J connectivity index is 1.86. The maximum Gasteiger partial charge on any atom is 0.0641 e. The monoisotopic (exact) mass is 198 g/mol. The maximum absolute atomic E-state index is 3.74. The molecule has 2 atom stereocenters. The molecule has 2 aliphatic rings. The van der Waals surface area contributed by atoms with Crippen LogP contribution in [0.1, 0.15) is 33.1 Å². The Morgan fingerprint density at radius 2 is 1.86 bits per heavy atom. The van der Waals surface area contributed by atoms with Crippen molar-refractivity contribution in [2.45, 2.75) is 45.3 Å². The molecular formula is C10H22N4. The normalized spacial score (nSPS) is 35.4. The summed E-state index contributed by atoms with van der Waals surface area (Å²) >= 11 is 0. The van der Waals surface area contributed by atoms with Gasteiger partial charge >= 0.3 is 0 Å². The average molecular weight is 198 g/mol. The van der Waals surface area contributed by atoms with Gasteiger partial charge in [0.2, 0.25) is 0 Å². The van der Waals surface area contributed by atoms with Crippen molar-refractivity contribution < 1.29 is 0 Å². The first-order valence-electron chi connectivity index (χ1n) is 5.73. The molecule has 14 heavy (non-hydrogen) atoms. The quantitative estimate of drug-likeness (QED) is 0.602.